The third kappa shape index (κ3) is 2.02. The molecule has 14 heavy (non-hydrogen) atoms. The number of hydrogen-bond acceptors (Lipinski definition) is 1. The summed E-state index contributed by atoms with van der Waals surface area (Å²) in [4.78, 5) is 2.36. The van der Waals surface area contributed by atoms with Crippen LogP contribution in [0.15, 0.2) is 0 Å². The van der Waals surface area contributed by atoms with Crippen molar-refractivity contribution in [2.24, 2.45) is 11.8 Å². The van der Waals surface area contributed by atoms with Crippen molar-refractivity contribution < 1.29 is 0 Å². The van der Waals surface area contributed by atoms with Gasteiger partial charge in [-0.2, -0.15) is 0 Å². The molecular formula is C11H20N2S. The van der Waals surface area contributed by atoms with Crippen LogP contribution in [0.1, 0.15) is 33.1 Å². The fourth-order valence-electron chi connectivity index (χ4n) is 2.74. The van der Waals surface area contributed by atoms with E-state index >= 15 is 0 Å². The van der Waals surface area contributed by atoms with Gasteiger partial charge in [-0.05, 0) is 50.7 Å². The van der Waals surface area contributed by atoms with E-state index in [0.717, 1.165) is 16.9 Å². The highest BCUT2D eigenvalue weighted by atomic mass is 32.1. The SMILES string of the molecule is CC(C)NC(=S)N1CC2CCCC2C1. The monoisotopic (exact) mass is 212 g/mol. The van der Waals surface area contributed by atoms with Crippen LogP contribution in [0.4, 0.5) is 0 Å². The maximum absolute atomic E-state index is 5.38. The second-order valence-corrected chi connectivity index (χ2v) is 5.35. The molecule has 2 aliphatic rings. The van der Waals surface area contributed by atoms with Crippen LogP contribution in [0.5, 0.6) is 0 Å². The van der Waals surface area contributed by atoms with Gasteiger partial charge >= 0.3 is 0 Å². The Balaban J connectivity index is 1.86. The van der Waals surface area contributed by atoms with Gasteiger partial charge in [-0.1, -0.05) is 6.42 Å². The van der Waals surface area contributed by atoms with E-state index in [0.29, 0.717) is 6.04 Å². The Hall–Kier alpha value is -0.310. The standard InChI is InChI=1S/C11H20N2S/c1-8(2)12-11(14)13-6-9-4-3-5-10(9)7-13/h8-10H,3-7H2,1-2H3,(H,12,14). The summed E-state index contributed by atoms with van der Waals surface area (Å²) in [5, 5.41) is 4.30. The average molecular weight is 212 g/mol. The van der Waals surface area contributed by atoms with Crippen LogP contribution in [0.3, 0.4) is 0 Å². The molecule has 0 aromatic heterocycles. The van der Waals surface area contributed by atoms with Crippen LogP contribution >= 0.6 is 12.2 Å². The highest BCUT2D eigenvalue weighted by Crippen LogP contribution is 2.37. The van der Waals surface area contributed by atoms with Crippen molar-refractivity contribution in [3.8, 4) is 0 Å². The maximum atomic E-state index is 5.38. The van der Waals surface area contributed by atoms with Crippen LogP contribution < -0.4 is 5.32 Å². The number of thiocarbonyl (C=S) groups is 1. The van der Waals surface area contributed by atoms with Crippen molar-refractivity contribution in [1.29, 1.82) is 0 Å². The van der Waals surface area contributed by atoms with Gasteiger partial charge in [0.1, 0.15) is 0 Å². The van der Waals surface area contributed by atoms with Gasteiger partial charge in [0.2, 0.25) is 0 Å². The molecule has 0 aromatic carbocycles. The molecule has 1 aliphatic heterocycles. The van der Waals surface area contributed by atoms with Crippen LogP contribution in [-0.2, 0) is 0 Å². The van der Waals surface area contributed by atoms with E-state index in [-0.39, 0.29) is 0 Å². The molecule has 0 amide bonds. The van der Waals surface area contributed by atoms with Crippen LogP contribution in [0.2, 0.25) is 0 Å². The van der Waals surface area contributed by atoms with Crippen LogP contribution in [0, 0.1) is 11.8 Å². The van der Waals surface area contributed by atoms with Gasteiger partial charge in [0.05, 0.1) is 0 Å². The fourth-order valence-corrected chi connectivity index (χ4v) is 3.12. The molecule has 1 aliphatic carbocycles. The summed E-state index contributed by atoms with van der Waals surface area (Å²) >= 11 is 5.38. The largest absolute Gasteiger partial charge is 0.360 e. The lowest BCUT2D eigenvalue weighted by Gasteiger charge is -2.23. The quantitative estimate of drug-likeness (QED) is 0.669. The highest BCUT2D eigenvalue weighted by Gasteiger charge is 2.36. The van der Waals surface area contributed by atoms with E-state index in [4.69, 9.17) is 12.2 Å². The first-order valence-corrected chi connectivity index (χ1v) is 6.13. The minimum absolute atomic E-state index is 0.461. The molecule has 3 heteroatoms. The molecule has 1 saturated heterocycles. The van der Waals surface area contributed by atoms with Gasteiger partial charge in [-0.15, -0.1) is 0 Å². The number of fused-ring (bicyclic) bond motifs is 1. The zero-order valence-corrected chi connectivity index (χ0v) is 9.94. The lowest BCUT2D eigenvalue weighted by molar-refractivity contribution is 0.450. The Labute approximate surface area is 92.0 Å². The van der Waals surface area contributed by atoms with Crippen LogP contribution in [0.25, 0.3) is 0 Å². The number of likely N-dealkylation sites (tertiary alicyclic amines) is 1. The van der Waals surface area contributed by atoms with E-state index < -0.39 is 0 Å². The Morgan fingerprint density at radius 2 is 1.86 bits per heavy atom. The minimum atomic E-state index is 0.461. The smallest absolute Gasteiger partial charge is 0.169 e. The van der Waals surface area contributed by atoms with Crippen molar-refractivity contribution in [3.63, 3.8) is 0 Å². The molecular weight excluding hydrogens is 192 g/mol. The average Bonchev–Trinajstić information content (AvgIpc) is 2.58. The third-order valence-electron chi connectivity index (χ3n) is 3.43. The molecule has 2 atom stereocenters. The van der Waals surface area contributed by atoms with Gasteiger partial charge in [0, 0.05) is 19.1 Å². The normalized spacial score (nSPS) is 30.9. The van der Waals surface area contributed by atoms with E-state index in [9.17, 15) is 0 Å². The second-order valence-electron chi connectivity index (χ2n) is 4.96. The number of hydrogen-bond donors (Lipinski definition) is 1. The molecule has 0 bridgehead atoms. The summed E-state index contributed by atoms with van der Waals surface area (Å²) in [5.74, 6) is 1.86. The summed E-state index contributed by atoms with van der Waals surface area (Å²) in [5.41, 5.74) is 0. The zero-order valence-electron chi connectivity index (χ0n) is 9.12. The van der Waals surface area contributed by atoms with Gasteiger partial charge < -0.3 is 10.2 Å². The molecule has 1 saturated carbocycles. The summed E-state index contributed by atoms with van der Waals surface area (Å²) in [6.07, 6.45) is 4.28. The second kappa shape index (κ2) is 4.05. The van der Waals surface area contributed by atoms with Crippen molar-refractivity contribution >= 4 is 17.3 Å². The lowest BCUT2D eigenvalue weighted by atomic mass is 10.0. The number of rotatable bonds is 1. The molecule has 0 aromatic rings. The van der Waals surface area contributed by atoms with Crippen molar-refractivity contribution in [3.05, 3.63) is 0 Å². The summed E-state index contributed by atoms with van der Waals surface area (Å²) < 4.78 is 0. The fraction of sp³-hybridized carbons (Fsp3) is 0.909. The zero-order chi connectivity index (χ0) is 10.1. The van der Waals surface area contributed by atoms with Gasteiger partial charge in [0.15, 0.2) is 5.11 Å². The maximum Gasteiger partial charge on any atom is 0.169 e. The highest BCUT2D eigenvalue weighted by molar-refractivity contribution is 7.80. The molecule has 2 unspecified atom stereocenters. The minimum Gasteiger partial charge on any atom is -0.360 e. The Bertz CT molecular complexity index is 215. The summed E-state index contributed by atoms with van der Waals surface area (Å²) in [6.45, 7) is 6.68. The molecule has 0 radical (unpaired) electrons. The van der Waals surface area contributed by atoms with Crippen LogP contribution in [-0.4, -0.2) is 29.1 Å². The number of nitrogens with zero attached hydrogens (tertiary/aromatic N) is 1. The Morgan fingerprint density at radius 3 is 2.36 bits per heavy atom. The molecule has 2 fully saturated rings. The molecule has 2 nitrogen and oxygen atoms in total. The van der Waals surface area contributed by atoms with Gasteiger partial charge in [0.25, 0.3) is 0 Å². The predicted molar refractivity (Wildman–Crippen MR) is 63.3 cm³/mol. The first kappa shape index (κ1) is 10.2. The molecule has 2 rings (SSSR count). The van der Waals surface area contributed by atoms with E-state index in [1.807, 2.05) is 0 Å². The Morgan fingerprint density at radius 1 is 1.29 bits per heavy atom. The van der Waals surface area contributed by atoms with Crippen molar-refractivity contribution in [1.82, 2.24) is 10.2 Å². The predicted octanol–water partition coefficient (Wildman–Crippen LogP) is 2.00. The lowest BCUT2D eigenvalue weighted by Crippen LogP contribution is -2.41. The Kier molecular flexibility index (Phi) is 2.96. The van der Waals surface area contributed by atoms with E-state index in [2.05, 4.69) is 24.1 Å². The molecule has 80 valence electrons. The van der Waals surface area contributed by atoms with Crippen molar-refractivity contribution in [2.75, 3.05) is 13.1 Å². The van der Waals surface area contributed by atoms with Gasteiger partial charge in [-0.25, -0.2) is 0 Å². The summed E-state index contributed by atoms with van der Waals surface area (Å²) in [6, 6.07) is 0.461. The third-order valence-corrected chi connectivity index (χ3v) is 3.80. The topological polar surface area (TPSA) is 15.3 Å². The molecule has 0 spiro atoms. The number of nitrogens with one attached hydrogen (secondary N) is 1. The first-order chi connectivity index (χ1) is 6.66. The van der Waals surface area contributed by atoms with E-state index in [1.54, 1.807) is 0 Å². The van der Waals surface area contributed by atoms with E-state index in [1.165, 1.54) is 32.4 Å². The summed E-state index contributed by atoms with van der Waals surface area (Å²) in [7, 11) is 0. The first-order valence-electron chi connectivity index (χ1n) is 5.72. The van der Waals surface area contributed by atoms with Crippen molar-refractivity contribution in [2.45, 2.75) is 39.2 Å². The molecule has 1 heterocycles. The van der Waals surface area contributed by atoms with Gasteiger partial charge in [-0.3, -0.25) is 0 Å². The molecule has 1 N–H and O–H groups in total.